The molecule has 0 spiro atoms. The number of nitrogens with one attached hydrogen (secondary N) is 1. The Kier molecular flexibility index (Phi) is 8.49. The smallest absolute Gasteiger partial charge is 0.325 e. The molecule has 2 N–H and O–H groups in total. The number of carbonyl (C=O) groups is 1. The van der Waals surface area contributed by atoms with Gasteiger partial charge in [-0.15, -0.1) is 0 Å². The molecule has 0 radical (unpaired) electrons. The molecule has 1 aromatic heterocycles. The molecule has 3 aromatic rings. The van der Waals surface area contributed by atoms with Gasteiger partial charge in [0.2, 0.25) is 0 Å². The zero-order valence-corrected chi connectivity index (χ0v) is 20.2. The molecule has 6 nitrogen and oxygen atoms in total. The standard InChI is InChI=1S/C24H22Cl2N2O4S/c1-14(21(15-3-7-17(25)8-4-15)16-5-9-18(26)10-6-16)32-20(29)13-28-24(33)22-23(30)19(31-2)11-12-27-22/h3-12,14,21,30H,13H2,1-2H3,(H,28,33). The van der Waals surface area contributed by atoms with Gasteiger partial charge in [-0.05, 0) is 42.3 Å². The van der Waals surface area contributed by atoms with Gasteiger partial charge in [0.15, 0.2) is 11.5 Å². The number of carbonyl (C=O) groups excluding carboxylic acids is 1. The highest BCUT2D eigenvalue weighted by Crippen LogP contribution is 2.32. The number of nitrogens with zero attached hydrogens (tertiary/aromatic N) is 1. The number of aromatic hydroxyl groups is 1. The van der Waals surface area contributed by atoms with Crippen molar-refractivity contribution < 1.29 is 19.4 Å². The molecule has 9 heteroatoms. The molecule has 1 unspecified atom stereocenters. The first-order chi connectivity index (χ1) is 15.8. The molecule has 0 aliphatic carbocycles. The monoisotopic (exact) mass is 504 g/mol. The topological polar surface area (TPSA) is 80.7 Å². The van der Waals surface area contributed by atoms with Crippen LogP contribution in [0.2, 0.25) is 10.0 Å². The van der Waals surface area contributed by atoms with Gasteiger partial charge in [0.1, 0.15) is 23.3 Å². The predicted molar refractivity (Wildman–Crippen MR) is 132 cm³/mol. The molecule has 0 aliphatic heterocycles. The van der Waals surface area contributed by atoms with Crippen molar-refractivity contribution in [3.8, 4) is 11.5 Å². The highest BCUT2D eigenvalue weighted by molar-refractivity contribution is 7.80. The average Bonchev–Trinajstić information content (AvgIpc) is 2.80. The van der Waals surface area contributed by atoms with Gasteiger partial charge in [0, 0.05) is 28.2 Å². The van der Waals surface area contributed by atoms with Crippen LogP contribution in [0.25, 0.3) is 0 Å². The van der Waals surface area contributed by atoms with Crippen molar-refractivity contribution in [2.75, 3.05) is 13.7 Å². The zero-order chi connectivity index (χ0) is 24.0. The maximum atomic E-state index is 12.6. The largest absolute Gasteiger partial charge is 0.503 e. The van der Waals surface area contributed by atoms with E-state index >= 15 is 0 Å². The van der Waals surface area contributed by atoms with E-state index < -0.39 is 12.1 Å². The fraction of sp³-hybridized carbons (Fsp3) is 0.208. The Balaban J connectivity index is 1.70. The number of benzene rings is 2. The van der Waals surface area contributed by atoms with E-state index in [9.17, 15) is 9.90 Å². The van der Waals surface area contributed by atoms with E-state index in [1.807, 2.05) is 31.2 Å². The molecule has 0 saturated heterocycles. The van der Waals surface area contributed by atoms with Gasteiger partial charge in [0.25, 0.3) is 0 Å². The van der Waals surface area contributed by atoms with Gasteiger partial charge in [-0.3, -0.25) is 4.79 Å². The predicted octanol–water partition coefficient (Wildman–Crippen LogP) is 5.13. The third-order valence-electron chi connectivity index (χ3n) is 4.96. The molecule has 1 heterocycles. The molecule has 0 amide bonds. The van der Waals surface area contributed by atoms with Crippen LogP contribution < -0.4 is 10.1 Å². The number of rotatable bonds is 8. The Morgan fingerprint density at radius 2 is 1.61 bits per heavy atom. The van der Waals surface area contributed by atoms with E-state index in [0.717, 1.165) is 11.1 Å². The Morgan fingerprint density at radius 1 is 1.06 bits per heavy atom. The molecule has 33 heavy (non-hydrogen) atoms. The molecular formula is C24H22Cl2N2O4S. The lowest BCUT2D eigenvalue weighted by atomic mass is 9.87. The Bertz CT molecular complexity index is 1080. The van der Waals surface area contributed by atoms with Gasteiger partial charge in [-0.1, -0.05) is 59.7 Å². The van der Waals surface area contributed by atoms with E-state index in [0.29, 0.717) is 10.0 Å². The van der Waals surface area contributed by atoms with Gasteiger partial charge >= 0.3 is 5.97 Å². The van der Waals surface area contributed by atoms with Crippen LogP contribution in [0.3, 0.4) is 0 Å². The molecule has 0 fully saturated rings. The number of esters is 1. The number of halogens is 2. The Hall–Kier alpha value is -2.87. The second kappa shape index (κ2) is 11.3. The van der Waals surface area contributed by atoms with E-state index in [1.54, 1.807) is 24.3 Å². The van der Waals surface area contributed by atoms with Crippen molar-refractivity contribution in [3.63, 3.8) is 0 Å². The third-order valence-corrected chi connectivity index (χ3v) is 5.80. The summed E-state index contributed by atoms with van der Waals surface area (Å²) in [5.74, 6) is -0.724. The fourth-order valence-corrected chi connectivity index (χ4v) is 3.87. The van der Waals surface area contributed by atoms with Crippen LogP contribution in [0.15, 0.2) is 60.8 Å². The van der Waals surface area contributed by atoms with Crippen LogP contribution in [-0.4, -0.2) is 40.8 Å². The van der Waals surface area contributed by atoms with E-state index in [4.69, 9.17) is 44.9 Å². The summed E-state index contributed by atoms with van der Waals surface area (Å²) in [6, 6.07) is 16.3. The summed E-state index contributed by atoms with van der Waals surface area (Å²) in [6.45, 7) is 1.62. The summed E-state index contributed by atoms with van der Waals surface area (Å²) in [5, 5.41) is 14.2. The molecule has 0 bridgehead atoms. The van der Waals surface area contributed by atoms with Crippen molar-refractivity contribution in [3.05, 3.63) is 87.7 Å². The van der Waals surface area contributed by atoms with Gasteiger partial charge in [-0.2, -0.15) is 0 Å². The maximum absolute atomic E-state index is 12.6. The quantitative estimate of drug-likeness (QED) is 0.325. The van der Waals surface area contributed by atoms with Crippen LogP contribution >= 0.6 is 35.4 Å². The second-order valence-electron chi connectivity index (χ2n) is 7.17. The summed E-state index contributed by atoms with van der Waals surface area (Å²) in [7, 11) is 1.42. The van der Waals surface area contributed by atoms with E-state index in [1.165, 1.54) is 19.4 Å². The minimum atomic E-state index is -0.514. The van der Waals surface area contributed by atoms with Crippen LogP contribution in [0.4, 0.5) is 0 Å². The normalized spacial score (nSPS) is 11.7. The minimum absolute atomic E-state index is 0.1000. The first-order valence-corrected chi connectivity index (χ1v) is 11.2. The van der Waals surface area contributed by atoms with Crippen LogP contribution in [0.1, 0.15) is 29.7 Å². The van der Waals surface area contributed by atoms with Crippen molar-refractivity contribution in [2.45, 2.75) is 18.9 Å². The van der Waals surface area contributed by atoms with Gasteiger partial charge in [-0.25, -0.2) is 4.98 Å². The number of thiocarbonyl (C=S) groups is 1. The van der Waals surface area contributed by atoms with Crippen molar-refractivity contribution in [1.29, 1.82) is 0 Å². The molecule has 2 aromatic carbocycles. The molecule has 3 rings (SSSR count). The highest BCUT2D eigenvalue weighted by Gasteiger charge is 2.25. The Morgan fingerprint density at radius 3 is 2.12 bits per heavy atom. The lowest BCUT2D eigenvalue weighted by Gasteiger charge is -2.25. The fourth-order valence-electron chi connectivity index (χ4n) is 3.40. The molecule has 1 atom stereocenters. The summed E-state index contributed by atoms with van der Waals surface area (Å²) in [5.41, 5.74) is 2.00. The van der Waals surface area contributed by atoms with E-state index in [-0.39, 0.29) is 34.6 Å². The SMILES string of the molecule is COc1ccnc(C(=S)NCC(=O)OC(C)C(c2ccc(Cl)cc2)c2ccc(Cl)cc2)c1O. The van der Waals surface area contributed by atoms with E-state index in [2.05, 4.69) is 10.3 Å². The average molecular weight is 505 g/mol. The lowest BCUT2D eigenvalue weighted by Crippen LogP contribution is -2.33. The number of hydrogen-bond acceptors (Lipinski definition) is 6. The lowest BCUT2D eigenvalue weighted by molar-refractivity contribution is -0.147. The van der Waals surface area contributed by atoms with Crippen molar-refractivity contribution in [2.24, 2.45) is 0 Å². The molecule has 0 saturated carbocycles. The summed E-state index contributed by atoms with van der Waals surface area (Å²) in [4.78, 5) is 16.7. The van der Waals surface area contributed by atoms with Crippen molar-refractivity contribution in [1.82, 2.24) is 10.3 Å². The highest BCUT2D eigenvalue weighted by atomic mass is 35.5. The number of hydrogen-bond donors (Lipinski definition) is 2. The zero-order valence-electron chi connectivity index (χ0n) is 17.9. The van der Waals surface area contributed by atoms with Gasteiger partial charge in [0.05, 0.1) is 7.11 Å². The molecule has 172 valence electrons. The minimum Gasteiger partial charge on any atom is -0.503 e. The summed E-state index contributed by atoms with van der Waals surface area (Å²) in [6.07, 6.45) is 0.948. The first kappa shape index (κ1) is 24.8. The number of pyridine rings is 1. The van der Waals surface area contributed by atoms with Crippen LogP contribution in [-0.2, 0) is 9.53 Å². The first-order valence-electron chi connectivity index (χ1n) is 10.0. The second-order valence-corrected chi connectivity index (χ2v) is 8.45. The molecular weight excluding hydrogens is 483 g/mol. The number of ether oxygens (including phenoxy) is 2. The Labute approximate surface area is 207 Å². The summed E-state index contributed by atoms with van der Waals surface area (Å²) < 4.78 is 10.8. The maximum Gasteiger partial charge on any atom is 0.325 e. The van der Waals surface area contributed by atoms with Crippen molar-refractivity contribution >= 4 is 46.4 Å². The number of aromatic nitrogens is 1. The molecule has 0 aliphatic rings. The third kappa shape index (κ3) is 6.35. The van der Waals surface area contributed by atoms with Crippen LogP contribution in [0.5, 0.6) is 11.5 Å². The van der Waals surface area contributed by atoms with Gasteiger partial charge < -0.3 is 19.9 Å². The number of methoxy groups -OCH3 is 1. The van der Waals surface area contributed by atoms with Crippen LogP contribution in [0, 0.1) is 0 Å². The summed E-state index contributed by atoms with van der Waals surface area (Å²) >= 11 is 17.3.